The molecule has 0 N–H and O–H groups in total. The van der Waals surface area contributed by atoms with Crippen molar-refractivity contribution in [1.29, 1.82) is 0 Å². The molecule has 23 heavy (non-hydrogen) atoms. The predicted octanol–water partition coefficient (Wildman–Crippen LogP) is 3.70. The monoisotopic (exact) mass is 309 g/mol. The number of rotatable bonds is 4. The van der Waals surface area contributed by atoms with Crippen molar-refractivity contribution < 1.29 is 0 Å². The van der Waals surface area contributed by atoms with E-state index in [1.165, 1.54) is 48.4 Å². The lowest BCUT2D eigenvalue weighted by atomic mass is 9.92. The molecule has 0 amide bonds. The smallest absolute Gasteiger partial charge is 0.0406 e. The van der Waals surface area contributed by atoms with Crippen molar-refractivity contribution in [2.75, 3.05) is 39.1 Å². The average Bonchev–Trinajstić information content (AvgIpc) is 2.58. The maximum atomic E-state index is 4.70. The molecule has 3 nitrogen and oxygen atoms in total. The Morgan fingerprint density at radius 2 is 1.65 bits per heavy atom. The van der Waals surface area contributed by atoms with Crippen LogP contribution < -0.4 is 4.90 Å². The van der Waals surface area contributed by atoms with Crippen LogP contribution in [0.4, 0.5) is 5.69 Å². The van der Waals surface area contributed by atoms with Gasteiger partial charge in [-0.05, 0) is 69.1 Å². The minimum absolute atomic E-state index is 0.795. The van der Waals surface area contributed by atoms with Crippen LogP contribution >= 0.6 is 0 Å². The van der Waals surface area contributed by atoms with E-state index >= 15 is 0 Å². The molecular weight excluding hydrogens is 282 g/mol. The summed E-state index contributed by atoms with van der Waals surface area (Å²) in [5.74, 6) is 0.795. The Hall–Kier alpha value is -1.87. The third kappa shape index (κ3) is 4.11. The van der Waals surface area contributed by atoms with Gasteiger partial charge >= 0.3 is 0 Å². The molecule has 1 saturated heterocycles. The summed E-state index contributed by atoms with van der Waals surface area (Å²) in [6.07, 6.45) is 5.74. The van der Waals surface area contributed by atoms with Crippen LogP contribution in [0, 0.1) is 5.92 Å². The lowest BCUT2D eigenvalue weighted by Crippen LogP contribution is -2.31. The number of aromatic nitrogens is 1. The average molecular weight is 309 g/mol. The third-order valence-electron chi connectivity index (χ3n) is 4.88. The number of hydrogen-bond donors (Lipinski definition) is 0. The van der Waals surface area contributed by atoms with Gasteiger partial charge in [0, 0.05) is 37.2 Å². The lowest BCUT2D eigenvalue weighted by Gasteiger charge is -2.28. The van der Waals surface area contributed by atoms with Gasteiger partial charge in [0.2, 0.25) is 0 Å². The van der Waals surface area contributed by atoms with E-state index in [2.05, 4.69) is 67.3 Å². The van der Waals surface area contributed by atoms with E-state index < -0.39 is 0 Å². The van der Waals surface area contributed by atoms with Crippen LogP contribution in [-0.2, 0) is 6.42 Å². The van der Waals surface area contributed by atoms with Crippen LogP contribution in [0.2, 0.25) is 0 Å². The first kappa shape index (κ1) is 16.0. The zero-order chi connectivity index (χ0) is 16.2. The van der Waals surface area contributed by atoms with Crippen LogP contribution in [-0.4, -0.2) is 44.1 Å². The minimum Gasteiger partial charge on any atom is -0.378 e. The molecule has 0 spiro atoms. The zero-order valence-electron chi connectivity index (χ0n) is 14.5. The fourth-order valence-corrected chi connectivity index (χ4v) is 3.23. The molecule has 1 fully saturated rings. The quantitative estimate of drug-likeness (QED) is 0.858. The Morgan fingerprint density at radius 1 is 1.00 bits per heavy atom. The van der Waals surface area contributed by atoms with E-state index in [0.29, 0.717) is 0 Å². The molecule has 1 aliphatic rings. The maximum absolute atomic E-state index is 4.70. The Balaban J connectivity index is 1.64. The second-order valence-corrected chi connectivity index (χ2v) is 6.93. The largest absolute Gasteiger partial charge is 0.378 e. The van der Waals surface area contributed by atoms with Crippen LogP contribution in [0.5, 0.6) is 0 Å². The molecule has 1 aromatic heterocycles. The number of anilines is 1. The summed E-state index contributed by atoms with van der Waals surface area (Å²) in [6, 6.07) is 13.1. The van der Waals surface area contributed by atoms with E-state index in [9.17, 15) is 0 Å². The van der Waals surface area contributed by atoms with E-state index in [1.807, 2.05) is 6.20 Å². The molecule has 0 saturated carbocycles. The molecule has 0 atom stereocenters. The number of piperidine rings is 1. The standard InChI is InChI=1S/C20H27N3/c1-22(2)20-8-5-17(6-9-20)18-4-7-19(21-15-18)14-16-10-12-23(3)13-11-16/h4-9,15-16H,10-14H2,1-3H3. The van der Waals surface area contributed by atoms with Crippen molar-refractivity contribution in [2.45, 2.75) is 19.3 Å². The molecule has 2 aromatic rings. The minimum atomic E-state index is 0.795. The number of hydrogen-bond acceptors (Lipinski definition) is 3. The number of nitrogens with zero attached hydrogens (tertiary/aromatic N) is 3. The predicted molar refractivity (Wildman–Crippen MR) is 97.9 cm³/mol. The van der Waals surface area contributed by atoms with Crippen molar-refractivity contribution >= 4 is 5.69 Å². The number of pyridine rings is 1. The highest BCUT2D eigenvalue weighted by Crippen LogP contribution is 2.24. The van der Waals surface area contributed by atoms with Crippen molar-refractivity contribution in [3.05, 3.63) is 48.3 Å². The van der Waals surface area contributed by atoms with Gasteiger partial charge in [-0.15, -0.1) is 0 Å². The highest BCUT2D eigenvalue weighted by molar-refractivity contribution is 5.65. The van der Waals surface area contributed by atoms with Gasteiger partial charge in [0.05, 0.1) is 0 Å². The fourth-order valence-electron chi connectivity index (χ4n) is 3.23. The number of benzene rings is 1. The van der Waals surface area contributed by atoms with Gasteiger partial charge < -0.3 is 9.80 Å². The molecule has 0 bridgehead atoms. The summed E-state index contributed by atoms with van der Waals surface area (Å²) in [6.45, 7) is 2.45. The van der Waals surface area contributed by atoms with Gasteiger partial charge in [-0.2, -0.15) is 0 Å². The highest BCUT2D eigenvalue weighted by atomic mass is 15.1. The maximum Gasteiger partial charge on any atom is 0.0406 e. The molecule has 0 radical (unpaired) electrons. The molecule has 122 valence electrons. The first-order valence-electron chi connectivity index (χ1n) is 8.53. The van der Waals surface area contributed by atoms with Gasteiger partial charge in [-0.1, -0.05) is 18.2 Å². The van der Waals surface area contributed by atoms with Gasteiger partial charge in [-0.25, -0.2) is 0 Å². The summed E-state index contributed by atoms with van der Waals surface area (Å²) in [7, 11) is 6.34. The van der Waals surface area contributed by atoms with Gasteiger partial charge in [0.15, 0.2) is 0 Å². The second kappa shape index (κ2) is 7.14. The topological polar surface area (TPSA) is 19.4 Å². The molecule has 0 unspecified atom stereocenters. The summed E-state index contributed by atoms with van der Waals surface area (Å²) in [5, 5.41) is 0. The van der Waals surface area contributed by atoms with E-state index in [4.69, 9.17) is 4.98 Å². The van der Waals surface area contributed by atoms with Gasteiger partial charge in [0.1, 0.15) is 0 Å². The van der Waals surface area contributed by atoms with Gasteiger partial charge in [0.25, 0.3) is 0 Å². The molecule has 1 aromatic carbocycles. The molecule has 3 heteroatoms. The Labute approximate surface area is 140 Å². The Bertz CT molecular complexity index is 608. The van der Waals surface area contributed by atoms with E-state index in [0.717, 1.165) is 12.3 Å². The SMILES string of the molecule is CN1CCC(Cc2ccc(-c3ccc(N(C)C)cc3)cn2)CC1. The number of likely N-dealkylation sites (tertiary alicyclic amines) is 1. The fraction of sp³-hybridized carbons (Fsp3) is 0.450. The van der Waals surface area contributed by atoms with Gasteiger partial charge in [-0.3, -0.25) is 4.98 Å². The van der Waals surface area contributed by atoms with Crippen LogP contribution in [0.3, 0.4) is 0 Å². The Morgan fingerprint density at radius 3 is 2.22 bits per heavy atom. The normalized spacial score (nSPS) is 16.5. The first-order chi connectivity index (χ1) is 11.1. The third-order valence-corrected chi connectivity index (χ3v) is 4.88. The summed E-state index contributed by atoms with van der Waals surface area (Å²) in [4.78, 5) is 9.24. The summed E-state index contributed by atoms with van der Waals surface area (Å²) < 4.78 is 0. The molecular formula is C20H27N3. The van der Waals surface area contributed by atoms with E-state index in [-0.39, 0.29) is 0 Å². The molecule has 3 rings (SSSR count). The second-order valence-electron chi connectivity index (χ2n) is 6.93. The van der Waals surface area contributed by atoms with Crippen molar-refractivity contribution in [3.63, 3.8) is 0 Å². The summed E-state index contributed by atoms with van der Waals surface area (Å²) in [5.41, 5.74) is 4.88. The van der Waals surface area contributed by atoms with Crippen molar-refractivity contribution in [2.24, 2.45) is 5.92 Å². The summed E-state index contributed by atoms with van der Waals surface area (Å²) >= 11 is 0. The van der Waals surface area contributed by atoms with E-state index in [1.54, 1.807) is 0 Å². The van der Waals surface area contributed by atoms with Crippen LogP contribution in [0.15, 0.2) is 42.6 Å². The molecule has 1 aliphatic heterocycles. The molecule has 2 heterocycles. The Kier molecular flexibility index (Phi) is 4.97. The van der Waals surface area contributed by atoms with Crippen molar-refractivity contribution in [1.82, 2.24) is 9.88 Å². The zero-order valence-corrected chi connectivity index (χ0v) is 14.5. The lowest BCUT2D eigenvalue weighted by molar-refractivity contribution is 0.218. The highest BCUT2D eigenvalue weighted by Gasteiger charge is 2.17. The first-order valence-corrected chi connectivity index (χ1v) is 8.53. The van der Waals surface area contributed by atoms with Crippen LogP contribution in [0.1, 0.15) is 18.5 Å². The van der Waals surface area contributed by atoms with Crippen LogP contribution in [0.25, 0.3) is 11.1 Å². The molecule has 0 aliphatic carbocycles. The van der Waals surface area contributed by atoms with Crippen molar-refractivity contribution in [3.8, 4) is 11.1 Å².